The van der Waals surface area contributed by atoms with E-state index >= 15 is 0 Å². The highest BCUT2D eigenvalue weighted by Crippen LogP contribution is 2.14. The van der Waals surface area contributed by atoms with E-state index in [1.54, 1.807) is 6.92 Å². The smallest absolute Gasteiger partial charge is 0.307 e. The van der Waals surface area contributed by atoms with Gasteiger partial charge < -0.3 is 10.0 Å². The summed E-state index contributed by atoms with van der Waals surface area (Å²) in [6.07, 6.45) is 0.927. The molecule has 4 heteroatoms. The van der Waals surface area contributed by atoms with Crippen LogP contribution in [0.4, 0.5) is 0 Å². The van der Waals surface area contributed by atoms with E-state index in [0.29, 0.717) is 12.6 Å². The van der Waals surface area contributed by atoms with Crippen LogP contribution in [-0.4, -0.2) is 35.6 Å². The Morgan fingerprint density at radius 2 is 1.89 bits per heavy atom. The predicted molar refractivity (Wildman–Crippen MR) is 76.7 cm³/mol. The summed E-state index contributed by atoms with van der Waals surface area (Å²) >= 11 is 3.41. The molecule has 1 aromatic carbocycles. The van der Waals surface area contributed by atoms with Gasteiger partial charge in [-0.25, -0.2) is 0 Å². The van der Waals surface area contributed by atoms with Crippen molar-refractivity contribution in [3.63, 3.8) is 0 Å². The summed E-state index contributed by atoms with van der Waals surface area (Å²) in [5.74, 6) is -1.07. The van der Waals surface area contributed by atoms with Gasteiger partial charge in [-0.1, -0.05) is 35.0 Å². The number of hydrogen-bond acceptors (Lipinski definition) is 2. The van der Waals surface area contributed by atoms with Crippen molar-refractivity contribution in [2.45, 2.75) is 26.3 Å². The molecule has 0 aliphatic carbocycles. The fourth-order valence-electron chi connectivity index (χ4n) is 1.81. The van der Waals surface area contributed by atoms with Crippen LogP contribution in [0, 0.1) is 5.92 Å². The van der Waals surface area contributed by atoms with E-state index in [0.717, 1.165) is 10.9 Å². The first-order valence-corrected chi connectivity index (χ1v) is 6.87. The van der Waals surface area contributed by atoms with Gasteiger partial charge in [0.25, 0.3) is 0 Å². The van der Waals surface area contributed by atoms with Gasteiger partial charge in [0.1, 0.15) is 0 Å². The van der Waals surface area contributed by atoms with Crippen molar-refractivity contribution < 1.29 is 9.90 Å². The van der Waals surface area contributed by atoms with Crippen LogP contribution in [0.15, 0.2) is 28.7 Å². The first kappa shape index (κ1) is 15.2. The molecule has 1 N–H and O–H groups in total. The zero-order chi connectivity index (χ0) is 13.7. The Balaban J connectivity index is 2.51. The molecule has 2 unspecified atom stereocenters. The van der Waals surface area contributed by atoms with Crippen molar-refractivity contribution in [3.05, 3.63) is 34.3 Å². The number of nitrogens with zero attached hydrogens (tertiary/aromatic N) is 1. The zero-order valence-corrected chi connectivity index (χ0v) is 12.6. The number of carboxylic acid groups (broad SMARTS) is 1. The lowest BCUT2D eigenvalue weighted by Crippen LogP contribution is -2.36. The minimum absolute atomic E-state index is 0.327. The number of rotatable bonds is 6. The Hall–Kier alpha value is -0.870. The number of carboxylic acids is 1. The second kappa shape index (κ2) is 6.90. The Labute approximate surface area is 117 Å². The van der Waals surface area contributed by atoms with E-state index in [4.69, 9.17) is 5.11 Å². The fraction of sp³-hybridized carbons (Fsp3) is 0.500. The van der Waals surface area contributed by atoms with E-state index in [2.05, 4.69) is 39.9 Å². The van der Waals surface area contributed by atoms with Crippen LogP contribution in [0.2, 0.25) is 0 Å². The number of benzene rings is 1. The molecule has 0 spiro atoms. The van der Waals surface area contributed by atoms with Crippen molar-refractivity contribution in [1.29, 1.82) is 0 Å². The summed E-state index contributed by atoms with van der Waals surface area (Å²) in [5.41, 5.74) is 1.26. The number of carbonyl (C=O) groups is 1. The van der Waals surface area contributed by atoms with Gasteiger partial charge >= 0.3 is 5.97 Å². The number of halogens is 1. The molecule has 2 atom stereocenters. The molecular formula is C14H20BrNO2. The van der Waals surface area contributed by atoms with Gasteiger partial charge in [0.2, 0.25) is 0 Å². The van der Waals surface area contributed by atoms with Gasteiger partial charge in [-0.3, -0.25) is 4.79 Å². The molecule has 0 radical (unpaired) electrons. The Morgan fingerprint density at radius 3 is 2.39 bits per heavy atom. The van der Waals surface area contributed by atoms with Crippen molar-refractivity contribution in [3.8, 4) is 0 Å². The molecule has 3 nitrogen and oxygen atoms in total. The lowest BCUT2D eigenvalue weighted by Gasteiger charge is -2.26. The van der Waals surface area contributed by atoms with Crippen molar-refractivity contribution in [2.75, 3.05) is 13.6 Å². The molecule has 18 heavy (non-hydrogen) atoms. The molecule has 0 aliphatic rings. The maximum Gasteiger partial charge on any atom is 0.307 e. The standard InChI is InChI=1S/C14H20BrNO2/c1-10(14(17)18)9-16(3)11(2)8-12-4-6-13(15)7-5-12/h4-7,10-11H,8-9H2,1-3H3,(H,17,18). The molecule has 0 saturated heterocycles. The molecule has 0 bridgehead atoms. The van der Waals surface area contributed by atoms with Gasteiger partial charge in [-0.15, -0.1) is 0 Å². The Bertz CT molecular complexity index is 391. The summed E-state index contributed by atoms with van der Waals surface area (Å²) in [6.45, 7) is 4.44. The Kier molecular flexibility index (Phi) is 5.82. The molecule has 0 aliphatic heterocycles. The number of likely N-dealkylation sites (N-methyl/N-ethyl adjacent to an activating group) is 1. The van der Waals surface area contributed by atoms with Crippen LogP contribution >= 0.6 is 15.9 Å². The summed E-state index contributed by atoms with van der Waals surface area (Å²) in [5, 5.41) is 8.90. The van der Waals surface area contributed by atoms with Crippen LogP contribution < -0.4 is 0 Å². The third kappa shape index (κ3) is 4.78. The third-order valence-corrected chi connectivity index (χ3v) is 3.71. The summed E-state index contributed by atoms with van der Waals surface area (Å²) in [6, 6.07) is 8.57. The van der Waals surface area contributed by atoms with Crippen molar-refractivity contribution in [1.82, 2.24) is 4.90 Å². The Morgan fingerprint density at radius 1 is 1.33 bits per heavy atom. The summed E-state index contributed by atoms with van der Waals surface area (Å²) in [4.78, 5) is 12.9. The second-order valence-electron chi connectivity index (χ2n) is 4.86. The largest absolute Gasteiger partial charge is 0.481 e. The summed E-state index contributed by atoms with van der Waals surface area (Å²) in [7, 11) is 1.98. The number of aliphatic carboxylic acids is 1. The normalized spacial score (nSPS) is 14.5. The van der Waals surface area contributed by atoms with Crippen LogP contribution in [0.1, 0.15) is 19.4 Å². The van der Waals surface area contributed by atoms with E-state index in [1.807, 2.05) is 19.2 Å². The van der Waals surface area contributed by atoms with Gasteiger partial charge in [-0.05, 0) is 38.1 Å². The van der Waals surface area contributed by atoms with Crippen molar-refractivity contribution in [2.24, 2.45) is 5.92 Å². The molecular weight excluding hydrogens is 294 g/mol. The predicted octanol–water partition coefficient (Wildman–Crippen LogP) is 3.03. The van der Waals surface area contributed by atoms with Crippen LogP contribution in [0.5, 0.6) is 0 Å². The molecule has 1 rings (SSSR count). The quantitative estimate of drug-likeness (QED) is 0.877. The molecule has 0 saturated carbocycles. The highest BCUT2D eigenvalue weighted by atomic mass is 79.9. The molecule has 100 valence electrons. The van der Waals surface area contributed by atoms with Crippen LogP contribution in [0.3, 0.4) is 0 Å². The van der Waals surface area contributed by atoms with Gasteiger partial charge in [0.05, 0.1) is 5.92 Å². The van der Waals surface area contributed by atoms with Gasteiger partial charge in [0, 0.05) is 17.1 Å². The average molecular weight is 314 g/mol. The second-order valence-corrected chi connectivity index (χ2v) is 5.77. The number of hydrogen-bond donors (Lipinski definition) is 1. The molecule has 0 amide bonds. The molecule has 0 fully saturated rings. The van der Waals surface area contributed by atoms with Gasteiger partial charge in [-0.2, -0.15) is 0 Å². The lowest BCUT2D eigenvalue weighted by atomic mass is 10.0. The monoisotopic (exact) mass is 313 g/mol. The lowest BCUT2D eigenvalue weighted by molar-refractivity contribution is -0.141. The van der Waals surface area contributed by atoms with E-state index in [9.17, 15) is 4.79 Å². The topological polar surface area (TPSA) is 40.5 Å². The van der Waals surface area contributed by atoms with E-state index in [1.165, 1.54) is 5.56 Å². The fourth-order valence-corrected chi connectivity index (χ4v) is 2.07. The minimum Gasteiger partial charge on any atom is -0.481 e. The van der Waals surface area contributed by atoms with Crippen LogP contribution in [-0.2, 0) is 11.2 Å². The van der Waals surface area contributed by atoms with Crippen LogP contribution in [0.25, 0.3) is 0 Å². The summed E-state index contributed by atoms with van der Waals surface area (Å²) < 4.78 is 1.08. The maximum absolute atomic E-state index is 10.8. The minimum atomic E-state index is -0.738. The highest BCUT2D eigenvalue weighted by Gasteiger charge is 2.17. The first-order valence-electron chi connectivity index (χ1n) is 6.07. The molecule has 0 aromatic heterocycles. The van der Waals surface area contributed by atoms with E-state index in [-0.39, 0.29) is 5.92 Å². The zero-order valence-electron chi connectivity index (χ0n) is 11.1. The molecule has 1 aromatic rings. The average Bonchev–Trinajstić information content (AvgIpc) is 2.31. The first-order chi connectivity index (χ1) is 8.40. The van der Waals surface area contributed by atoms with Crippen molar-refractivity contribution >= 4 is 21.9 Å². The van der Waals surface area contributed by atoms with E-state index < -0.39 is 5.97 Å². The van der Waals surface area contributed by atoms with Gasteiger partial charge in [0.15, 0.2) is 0 Å². The maximum atomic E-state index is 10.8. The molecule has 0 heterocycles. The third-order valence-electron chi connectivity index (χ3n) is 3.18. The SMILES string of the molecule is CC(CN(C)C(C)Cc1ccc(Br)cc1)C(=O)O. The highest BCUT2D eigenvalue weighted by molar-refractivity contribution is 9.10.